The van der Waals surface area contributed by atoms with E-state index in [0.717, 1.165) is 57.4 Å². The Balaban J connectivity index is 4.15. The highest BCUT2D eigenvalue weighted by molar-refractivity contribution is 6.60. The van der Waals surface area contributed by atoms with Crippen LogP contribution in [-0.2, 0) is 13.3 Å². The molecule has 0 spiro atoms. The van der Waals surface area contributed by atoms with Crippen molar-refractivity contribution in [3.63, 3.8) is 0 Å². The zero-order valence-electron chi connectivity index (χ0n) is 28.1. The molecular formula is C36H64O3Si. The van der Waals surface area contributed by atoms with Crippen molar-refractivity contribution in [1.82, 2.24) is 0 Å². The van der Waals surface area contributed by atoms with Crippen LogP contribution in [0.15, 0.2) is 69.9 Å². The predicted octanol–water partition coefficient (Wildman–Crippen LogP) is 11.6. The molecule has 0 atom stereocenters. The first-order chi connectivity index (χ1) is 19.1. The van der Waals surface area contributed by atoms with Gasteiger partial charge in [0.05, 0.1) is 0 Å². The van der Waals surface area contributed by atoms with Gasteiger partial charge in [0.25, 0.3) is 0 Å². The van der Waals surface area contributed by atoms with E-state index in [4.69, 9.17) is 13.3 Å². The van der Waals surface area contributed by atoms with Gasteiger partial charge in [-0.15, -0.1) is 0 Å². The van der Waals surface area contributed by atoms with Gasteiger partial charge >= 0.3 is 8.80 Å². The highest BCUT2D eigenvalue weighted by atomic mass is 28.4. The lowest BCUT2D eigenvalue weighted by molar-refractivity contribution is 0.123. The minimum absolute atomic E-state index is 0.880. The maximum atomic E-state index is 5.51. The molecule has 0 aliphatic heterocycles. The summed E-state index contributed by atoms with van der Waals surface area (Å²) in [5.74, 6) is 0. The number of unbranched alkanes of at least 4 members (excludes halogenated alkanes) is 2. The maximum absolute atomic E-state index is 5.51. The van der Waals surface area contributed by atoms with E-state index in [1.165, 1.54) is 65.5 Å². The van der Waals surface area contributed by atoms with Crippen molar-refractivity contribution in [2.24, 2.45) is 0 Å². The van der Waals surface area contributed by atoms with Crippen LogP contribution in [0.2, 0.25) is 6.04 Å². The monoisotopic (exact) mass is 572 g/mol. The third-order valence-electron chi connectivity index (χ3n) is 7.58. The van der Waals surface area contributed by atoms with Crippen LogP contribution in [0.25, 0.3) is 0 Å². The highest BCUT2D eigenvalue weighted by Gasteiger charge is 2.36. The summed E-state index contributed by atoms with van der Waals surface area (Å²) in [6.07, 6.45) is 29.4. The minimum Gasteiger partial charge on any atom is -0.377 e. The van der Waals surface area contributed by atoms with Crippen LogP contribution in [0, 0.1) is 0 Å². The molecule has 4 heteroatoms. The maximum Gasteiger partial charge on any atom is 0.500 e. The highest BCUT2D eigenvalue weighted by Crippen LogP contribution is 2.20. The summed E-state index contributed by atoms with van der Waals surface area (Å²) in [7, 11) is 2.65. The summed E-state index contributed by atoms with van der Waals surface area (Å²) in [6, 6.07) is 0.880. The number of rotatable bonds is 23. The second-order valence-electron chi connectivity index (χ2n) is 11.8. The van der Waals surface area contributed by atoms with Crippen molar-refractivity contribution in [1.29, 1.82) is 0 Å². The van der Waals surface area contributed by atoms with E-state index in [1.54, 1.807) is 21.3 Å². The van der Waals surface area contributed by atoms with Gasteiger partial charge in [-0.05, 0) is 132 Å². The average Bonchev–Trinajstić information content (AvgIpc) is 2.91. The fraction of sp³-hybridized carbons (Fsp3) is 0.667. The molecule has 0 radical (unpaired) electrons. The van der Waals surface area contributed by atoms with Gasteiger partial charge in [-0.25, -0.2) is 0 Å². The SMILES string of the molecule is CO[Si](CCCCC(C)=CCC/C(C)=C/CC/C(C)=C/CC/C=C(\C)CC/C=C(\C)CCC=C(C)C)(OC)OC. The molecule has 0 N–H and O–H groups in total. The van der Waals surface area contributed by atoms with Crippen molar-refractivity contribution < 1.29 is 13.3 Å². The molecule has 0 aliphatic carbocycles. The summed E-state index contributed by atoms with van der Waals surface area (Å²) in [6.45, 7) is 15.7. The summed E-state index contributed by atoms with van der Waals surface area (Å²) < 4.78 is 16.5. The Kier molecular flexibility index (Phi) is 23.3. The van der Waals surface area contributed by atoms with Gasteiger partial charge in [-0.2, -0.15) is 0 Å². The van der Waals surface area contributed by atoms with Crippen LogP contribution in [0.1, 0.15) is 132 Å². The molecule has 0 heterocycles. The first-order valence-corrected chi connectivity index (χ1v) is 17.6. The average molecular weight is 573 g/mol. The largest absolute Gasteiger partial charge is 0.500 e. The molecule has 0 bridgehead atoms. The van der Waals surface area contributed by atoms with Crippen molar-refractivity contribution in [3.8, 4) is 0 Å². The van der Waals surface area contributed by atoms with Gasteiger partial charge in [0.1, 0.15) is 0 Å². The smallest absolute Gasteiger partial charge is 0.377 e. The molecule has 40 heavy (non-hydrogen) atoms. The van der Waals surface area contributed by atoms with Gasteiger partial charge in [-0.3, -0.25) is 0 Å². The molecule has 0 saturated carbocycles. The number of hydrogen-bond acceptors (Lipinski definition) is 3. The van der Waals surface area contributed by atoms with Crippen molar-refractivity contribution in [2.75, 3.05) is 21.3 Å². The van der Waals surface area contributed by atoms with Gasteiger partial charge in [0.2, 0.25) is 0 Å². The second-order valence-corrected chi connectivity index (χ2v) is 14.9. The fourth-order valence-corrected chi connectivity index (χ4v) is 6.49. The van der Waals surface area contributed by atoms with E-state index >= 15 is 0 Å². The third kappa shape index (κ3) is 21.3. The molecule has 0 aromatic rings. The molecular weight excluding hydrogens is 508 g/mol. The normalized spacial score (nSPS) is 14.2. The number of allylic oxidation sites excluding steroid dienone is 12. The Morgan fingerprint density at radius 3 is 1.10 bits per heavy atom. The third-order valence-corrected chi connectivity index (χ3v) is 10.4. The molecule has 0 aromatic carbocycles. The molecule has 0 rings (SSSR count). The lowest BCUT2D eigenvalue weighted by atomic mass is 10.0. The topological polar surface area (TPSA) is 27.7 Å². The first-order valence-electron chi connectivity index (χ1n) is 15.6. The molecule has 0 amide bonds. The predicted molar refractivity (Wildman–Crippen MR) is 180 cm³/mol. The van der Waals surface area contributed by atoms with Crippen LogP contribution in [0.5, 0.6) is 0 Å². The molecule has 3 nitrogen and oxygen atoms in total. The lowest BCUT2D eigenvalue weighted by Crippen LogP contribution is -2.42. The second kappa shape index (κ2) is 24.2. The summed E-state index contributed by atoms with van der Waals surface area (Å²) in [5.41, 5.74) is 8.97. The minimum atomic E-state index is -2.42. The van der Waals surface area contributed by atoms with Crippen LogP contribution in [-0.4, -0.2) is 30.1 Å². The molecule has 0 aliphatic rings. The quantitative estimate of drug-likeness (QED) is 0.0692. The van der Waals surface area contributed by atoms with E-state index in [2.05, 4.69) is 84.9 Å². The van der Waals surface area contributed by atoms with Gasteiger partial charge in [-0.1, -0.05) is 69.9 Å². The Hall–Kier alpha value is -1.46. The van der Waals surface area contributed by atoms with Crippen molar-refractivity contribution in [3.05, 3.63) is 69.9 Å². The van der Waals surface area contributed by atoms with E-state index in [-0.39, 0.29) is 0 Å². The van der Waals surface area contributed by atoms with Gasteiger partial charge in [0.15, 0.2) is 0 Å². The summed E-state index contributed by atoms with van der Waals surface area (Å²) in [5, 5.41) is 0. The first kappa shape index (κ1) is 38.5. The Labute approximate surface area is 250 Å². The van der Waals surface area contributed by atoms with E-state index < -0.39 is 8.80 Å². The van der Waals surface area contributed by atoms with Gasteiger partial charge in [0, 0.05) is 27.4 Å². The van der Waals surface area contributed by atoms with Crippen LogP contribution in [0.4, 0.5) is 0 Å². The standard InChI is InChI=1S/C36H64O3Si/c1-31(2)19-15-23-35(6)27-16-24-32(3)20-11-12-21-33(4)25-17-28-36(7)29-18-26-34(5)22-13-14-30-40(37-8,38-9)39-10/h19-21,26-28H,11-18,22-25,29-30H2,1-10H3/b32-20+,33-21+,34-26?,35-27+,36-28+. The van der Waals surface area contributed by atoms with Crippen molar-refractivity contribution in [2.45, 2.75) is 138 Å². The molecule has 0 aromatic heterocycles. The zero-order valence-corrected chi connectivity index (χ0v) is 29.1. The Morgan fingerprint density at radius 2 is 0.750 bits per heavy atom. The summed E-state index contributed by atoms with van der Waals surface area (Å²) in [4.78, 5) is 0. The summed E-state index contributed by atoms with van der Waals surface area (Å²) >= 11 is 0. The Morgan fingerprint density at radius 1 is 0.425 bits per heavy atom. The van der Waals surface area contributed by atoms with E-state index in [0.29, 0.717) is 0 Å². The van der Waals surface area contributed by atoms with E-state index in [1.807, 2.05) is 0 Å². The molecule has 0 unspecified atom stereocenters. The lowest BCUT2D eigenvalue weighted by Gasteiger charge is -2.24. The molecule has 0 saturated heterocycles. The Bertz CT molecular complexity index is 841. The van der Waals surface area contributed by atoms with Crippen LogP contribution in [0.3, 0.4) is 0 Å². The fourth-order valence-electron chi connectivity index (χ4n) is 4.70. The zero-order chi connectivity index (χ0) is 30.2. The molecule has 0 fully saturated rings. The molecule has 230 valence electrons. The van der Waals surface area contributed by atoms with Crippen LogP contribution < -0.4 is 0 Å². The van der Waals surface area contributed by atoms with Gasteiger partial charge < -0.3 is 13.3 Å². The van der Waals surface area contributed by atoms with Crippen LogP contribution >= 0.6 is 0 Å². The van der Waals surface area contributed by atoms with Crippen molar-refractivity contribution >= 4 is 8.80 Å². The van der Waals surface area contributed by atoms with E-state index in [9.17, 15) is 0 Å². The number of hydrogen-bond donors (Lipinski definition) is 0.